The molecule has 0 aromatic rings. The van der Waals surface area contributed by atoms with Gasteiger partial charge in [0.15, 0.2) is 0 Å². The van der Waals surface area contributed by atoms with E-state index in [0.717, 1.165) is 0 Å². The number of carbonyl (C=O) groups is 3. The number of nitrogens with zero attached hydrogens (tertiary/aromatic N) is 1. The van der Waals surface area contributed by atoms with Gasteiger partial charge in [0.1, 0.15) is 0 Å². The van der Waals surface area contributed by atoms with Gasteiger partial charge in [0, 0.05) is 0 Å². The van der Waals surface area contributed by atoms with Crippen molar-refractivity contribution in [2.75, 3.05) is 0 Å². The second-order valence-electron chi connectivity index (χ2n) is 1.63. The Kier molecular flexibility index (Phi) is 3.15. The second-order valence-corrected chi connectivity index (χ2v) is 1.63. The van der Waals surface area contributed by atoms with Crippen molar-refractivity contribution in [1.82, 2.24) is 16.0 Å². The van der Waals surface area contributed by atoms with Gasteiger partial charge in [-0.3, -0.25) is 0 Å². The molecule has 0 aromatic carbocycles. The number of hydrogen-bond donors (Lipinski definition) is 5. The van der Waals surface area contributed by atoms with Crippen LogP contribution in [0.15, 0.2) is 0 Å². The van der Waals surface area contributed by atoms with E-state index in [9.17, 15) is 14.4 Å². The Morgan fingerprint density at radius 2 is 1.25 bits per heavy atom. The van der Waals surface area contributed by atoms with Gasteiger partial charge < -0.3 is 17.2 Å². The number of nitrogens with one attached hydrogen (secondary N) is 2. The highest BCUT2D eigenvalue weighted by atomic mass is 16.2. The van der Waals surface area contributed by atoms with Gasteiger partial charge in [0.25, 0.3) is 0 Å². The molecular formula is C3H8N6O3. The summed E-state index contributed by atoms with van der Waals surface area (Å²) in [6, 6.07) is -3.27. The molecule has 12 heavy (non-hydrogen) atoms. The van der Waals surface area contributed by atoms with Crippen molar-refractivity contribution in [3.8, 4) is 0 Å². The number of rotatable bonds is 0. The molecule has 0 unspecified atom stereocenters. The smallest absolute Gasteiger partial charge is 0.350 e. The van der Waals surface area contributed by atoms with Crippen LogP contribution in [0.5, 0.6) is 0 Å². The van der Waals surface area contributed by atoms with Crippen LogP contribution in [0.4, 0.5) is 14.4 Å². The molecule has 0 aliphatic rings. The molecule has 8 N–H and O–H groups in total. The van der Waals surface area contributed by atoms with Gasteiger partial charge in [-0.25, -0.2) is 25.2 Å². The van der Waals surface area contributed by atoms with E-state index in [1.165, 1.54) is 0 Å². The second kappa shape index (κ2) is 3.85. The van der Waals surface area contributed by atoms with Gasteiger partial charge in [-0.2, -0.15) is 0 Å². The summed E-state index contributed by atoms with van der Waals surface area (Å²) in [7, 11) is 0. The van der Waals surface area contributed by atoms with E-state index in [-0.39, 0.29) is 5.12 Å². The molecule has 0 rings (SSSR count). The molecule has 0 aliphatic heterocycles. The molecule has 0 aromatic heterocycles. The maximum atomic E-state index is 10.4. The van der Waals surface area contributed by atoms with Gasteiger partial charge in [-0.15, -0.1) is 5.12 Å². The number of hydrogen-bond acceptors (Lipinski definition) is 3. The average molecular weight is 176 g/mol. The minimum atomic E-state index is -1.13. The lowest BCUT2D eigenvalue weighted by atomic mass is 11.0. The van der Waals surface area contributed by atoms with Crippen molar-refractivity contribution in [2.24, 2.45) is 17.2 Å². The van der Waals surface area contributed by atoms with E-state index in [0.29, 0.717) is 0 Å². The highest BCUT2D eigenvalue weighted by Gasteiger charge is 2.11. The molecule has 0 saturated heterocycles. The first kappa shape index (κ1) is 9.81. The largest absolute Gasteiger partial charge is 0.353 e. The topological polar surface area (TPSA) is 157 Å². The number of amides is 6. The molecule has 0 aliphatic carbocycles. The van der Waals surface area contributed by atoms with E-state index in [1.54, 1.807) is 10.9 Å². The summed E-state index contributed by atoms with van der Waals surface area (Å²) in [6.07, 6.45) is 0. The maximum Gasteiger partial charge on any atom is 0.353 e. The van der Waals surface area contributed by atoms with Crippen LogP contribution in [0.1, 0.15) is 0 Å². The molecule has 68 valence electrons. The third-order valence-corrected chi connectivity index (χ3v) is 0.664. The lowest BCUT2D eigenvalue weighted by Crippen LogP contribution is -2.60. The van der Waals surface area contributed by atoms with Gasteiger partial charge in [-0.1, -0.05) is 0 Å². The quantitative estimate of drug-likeness (QED) is 0.259. The Morgan fingerprint density at radius 3 is 1.42 bits per heavy atom. The Morgan fingerprint density at radius 1 is 0.917 bits per heavy atom. The van der Waals surface area contributed by atoms with Gasteiger partial charge in [-0.05, 0) is 0 Å². The van der Waals surface area contributed by atoms with Gasteiger partial charge in [0.05, 0.1) is 0 Å². The third-order valence-electron chi connectivity index (χ3n) is 0.664. The van der Waals surface area contributed by atoms with E-state index in [2.05, 4.69) is 17.2 Å². The van der Waals surface area contributed by atoms with Crippen LogP contribution in [-0.4, -0.2) is 23.2 Å². The molecule has 9 heteroatoms. The Labute approximate surface area is 66.8 Å². The SMILES string of the molecule is NC(=O)NN(NC(N)=O)C(N)=O. The first-order valence-electron chi connectivity index (χ1n) is 2.65. The van der Waals surface area contributed by atoms with E-state index in [1.807, 2.05) is 0 Å². The van der Waals surface area contributed by atoms with E-state index in [4.69, 9.17) is 0 Å². The zero-order chi connectivity index (χ0) is 9.72. The van der Waals surface area contributed by atoms with E-state index >= 15 is 0 Å². The fraction of sp³-hybridized carbons (Fsp3) is 0. The lowest BCUT2D eigenvalue weighted by molar-refractivity contribution is 0.149. The molecule has 0 heterocycles. The first-order valence-corrected chi connectivity index (χ1v) is 2.65. The zero-order valence-electron chi connectivity index (χ0n) is 5.90. The van der Waals surface area contributed by atoms with Crippen molar-refractivity contribution < 1.29 is 14.4 Å². The van der Waals surface area contributed by atoms with Crippen molar-refractivity contribution in [3.63, 3.8) is 0 Å². The highest BCUT2D eigenvalue weighted by Crippen LogP contribution is 1.73. The number of hydrazine groups is 2. The monoisotopic (exact) mass is 176 g/mol. The number of primary amides is 3. The van der Waals surface area contributed by atoms with Crippen LogP contribution in [0.3, 0.4) is 0 Å². The Balaban J connectivity index is 4.14. The van der Waals surface area contributed by atoms with Crippen molar-refractivity contribution in [2.45, 2.75) is 0 Å². The summed E-state index contributed by atoms with van der Waals surface area (Å²) < 4.78 is 0. The van der Waals surface area contributed by atoms with Crippen LogP contribution in [0.2, 0.25) is 0 Å². The number of urea groups is 3. The fourth-order valence-corrected chi connectivity index (χ4v) is 0.359. The minimum absolute atomic E-state index is 0.255. The number of nitrogens with two attached hydrogens (primary N) is 3. The van der Waals surface area contributed by atoms with Gasteiger partial charge >= 0.3 is 18.1 Å². The maximum absolute atomic E-state index is 10.4. The summed E-state index contributed by atoms with van der Waals surface area (Å²) in [5, 5.41) is 0.255. The predicted molar refractivity (Wildman–Crippen MR) is 36.9 cm³/mol. The molecule has 0 spiro atoms. The molecule has 0 bridgehead atoms. The Hall–Kier alpha value is -2.19. The van der Waals surface area contributed by atoms with E-state index < -0.39 is 18.1 Å². The van der Waals surface area contributed by atoms with Crippen molar-refractivity contribution >= 4 is 18.1 Å². The summed E-state index contributed by atoms with van der Waals surface area (Å²) >= 11 is 0. The lowest BCUT2D eigenvalue weighted by Gasteiger charge is -2.18. The third kappa shape index (κ3) is 3.76. The Bertz CT molecular complexity index is 198. The van der Waals surface area contributed by atoms with Crippen LogP contribution < -0.4 is 28.1 Å². The summed E-state index contributed by atoms with van der Waals surface area (Å²) in [5.74, 6) is 0. The summed E-state index contributed by atoms with van der Waals surface area (Å²) in [5.41, 5.74) is 17.3. The predicted octanol–water partition coefficient (Wildman–Crippen LogP) is -2.47. The molecule has 0 radical (unpaired) electrons. The van der Waals surface area contributed by atoms with Crippen molar-refractivity contribution in [1.29, 1.82) is 0 Å². The molecule has 0 saturated carbocycles. The highest BCUT2D eigenvalue weighted by molar-refractivity contribution is 5.81. The van der Waals surface area contributed by atoms with Crippen LogP contribution in [-0.2, 0) is 0 Å². The van der Waals surface area contributed by atoms with Crippen LogP contribution >= 0.6 is 0 Å². The summed E-state index contributed by atoms with van der Waals surface area (Å²) in [6.45, 7) is 0. The van der Waals surface area contributed by atoms with Crippen molar-refractivity contribution in [3.05, 3.63) is 0 Å². The molecular weight excluding hydrogens is 168 g/mol. The first-order chi connectivity index (χ1) is 5.43. The number of carbonyl (C=O) groups excluding carboxylic acids is 3. The molecule has 9 nitrogen and oxygen atoms in total. The van der Waals surface area contributed by atoms with Crippen LogP contribution in [0, 0.1) is 0 Å². The fourth-order valence-electron chi connectivity index (χ4n) is 0.359. The van der Waals surface area contributed by atoms with Gasteiger partial charge in [0.2, 0.25) is 0 Å². The molecule has 0 fully saturated rings. The zero-order valence-corrected chi connectivity index (χ0v) is 5.90. The molecule has 0 atom stereocenters. The molecule has 6 amide bonds. The minimum Gasteiger partial charge on any atom is -0.350 e. The standard InChI is InChI=1S/C3H8N6O3/c4-1(10)7-9(3(6)12)8-2(5)11/h(H2,6,12)(H3,4,7,10)(H3,5,8,11). The summed E-state index contributed by atoms with van der Waals surface area (Å²) in [4.78, 5) is 30.7. The normalized spacial score (nSPS) is 8.33. The van der Waals surface area contributed by atoms with Crippen LogP contribution in [0.25, 0.3) is 0 Å². The average Bonchev–Trinajstić information content (AvgIpc) is 1.83.